The van der Waals surface area contributed by atoms with Crippen LogP contribution in [0.15, 0.2) is 62.6 Å². The molecule has 0 aliphatic heterocycles. The summed E-state index contributed by atoms with van der Waals surface area (Å²) in [5, 5.41) is 2.22. The minimum atomic E-state index is -0.351. The summed E-state index contributed by atoms with van der Waals surface area (Å²) >= 11 is 1.39. The van der Waals surface area contributed by atoms with Crippen LogP contribution in [0.3, 0.4) is 0 Å². The summed E-state index contributed by atoms with van der Waals surface area (Å²) in [5.74, 6) is 0.583. The van der Waals surface area contributed by atoms with Crippen LogP contribution in [0.25, 0.3) is 34.4 Å². The van der Waals surface area contributed by atoms with Gasteiger partial charge in [0.2, 0.25) is 5.43 Å². The van der Waals surface area contributed by atoms with Gasteiger partial charge in [0.05, 0.1) is 28.8 Å². The minimum Gasteiger partial charge on any atom is -0.494 e. The van der Waals surface area contributed by atoms with E-state index in [1.165, 1.54) is 17.4 Å². The average molecular weight is 393 g/mol. The molecule has 140 valence electrons. The largest absolute Gasteiger partial charge is 0.494 e. The van der Waals surface area contributed by atoms with Gasteiger partial charge in [-0.25, -0.2) is 9.37 Å². The Kier molecular flexibility index (Phi) is 5.04. The fourth-order valence-corrected chi connectivity index (χ4v) is 3.46. The number of nitrogens with zero attached hydrogens (tertiary/aromatic N) is 1. The normalized spacial score (nSPS) is 11.4. The summed E-state index contributed by atoms with van der Waals surface area (Å²) in [7, 11) is 0. The molecule has 0 atom stereocenters. The first-order valence-electron chi connectivity index (χ1n) is 8.72. The second kappa shape index (κ2) is 7.78. The van der Waals surface area contributed by atoms with Gasteiger partial charge < -0.3 is 9.15 Å². The molecule has 4 rings (SSSR count). The number of fused-ring (bicyclic) bond motifs is 1. The van der Waals surface area contributed by atoms with Crippen molar-refractivity contribution in [2.75, 3.05) is 6.61 Å². The quantitative estimate of drug-likeness (QED) is 0.441. The summed E-state index contributed by atoms with van der Waals surface area (Å²) in [6, 6.07) is 11.5. The third-order valence-electron chi connectivity index (χ3n) is 4.21. The van der Waals surface area contributed by atoms with Crippen molar-refractivity contribution in [2.24, 2.45) is 0 Å². The molecule has 0 amide bonds. The highest BCUT2D eigenvalue weighted by Crippen LogP contribution is 2.28. The lowest BCUT2D eigenvalue weighted by Gasteiger charge is -2.08. The molecule has 28 heavy (non-hydrogen) atoms. The van der Waals surface area contributed by atoms with E-state index in [1.54, 1.807) is 59.4 Å². The summed E-state index contributed by atoms with van der Waals surface area (Å²) in [4.78, 5) is 17.4. The molecule has 0 fully saturated rings. The monoisotopic (exact) mass is 393 g/mol. The number of thiazole rings is 1. The SMILES string of the molecule is CCOc1ccc2c(=O)c(-c3cscn3)c(/C=C/c3ccccc3F)oc2c1. The molecule has 2 aromatic heterocycles. The van der Waals surface area contributed by atoms with Crippen LogP contribution < -0.4 is 10.2 Å². The highest BCUT2D eigenvalue weighted by atomic mass is 32.1. The van der Waals surface area contributed by atoms with Crippen molar-refractivity contribution < 1.29 is 13.5 Å². The van der Waals surface area contributed by atoms with Gasteiger partial charge in [-0.05, 0) is 37.3 Å². The van der Waals surface area contributed by atoms with E-state index >= 15 is 0 Å². The van der Waals surface area contributed by atoms with Gasteiger partial charge in [-0.3, -0.25) is 4.79 Å². The fourth-order valence-electron chi connectivity index (χ4n) is 2.92. The van der Waals surface area contributed by atoms with Crippen LogP contribution >= 0.6 is 11.3 Å². The first-order chi connectivity index (χ1) is 13.7. The summed E-state index contributed by atoms with van der Waals surface area (Å²) in [6.45, 7) is 2.39. The van der Waals surface area contributed by atoms with Crippen molar-refractivity contribution >= 4 is 34.5 Å². The highest BCUT2D eigenvalue weighted by molar-refractivity contribution is 7.07. The smallest absolute Gasteiger partial charge is 0.202 e. The summed E-state index contributed by atoms with van der Waals surface area (Å²) in [6.07, 6.45) is 3.18. The molecule has 0 saturated heterocycles. The van der Waals surface area contributed by atoms with E-state index in [1.807, 2.05) is 6.92 Å². The molecule has 0 radical (unpaired) electrons. The van der Waals surface area contributed by atoms with Crippen LogP contribution in [0, 0.1) is 5.82 Å². The maximum Gasteiger partial charge on any atom is 0.202 e. The van der Waals surface area contributed by atoms with Gasteiger partial charge in [-0.2, -0.15) is 0 Å². The van der Waals surface area contributed by atoms with Crippen molar-refractivity contribution in [2.45, 2.75) is 6.92 Å². The van der Waals surface area contributed by atoms with Crippen molar-refractivity contribution in [1.29, 1.82) is 0 Å². The fraction of sp³-hybridized carbons (Fsp3) is 0.0909. The van der Waals surface area contributed by atoms with Crippen LogP contribution in [0.1, 0.15) is 18.2 Å². The number of aromatic nitrogens is 1. The Balaban J connectivity index is 1.92. The van der Waals surface area contributed by atoms with E-state index in [2.05, 4.69) is 4.98 Å². The molecule has 4 nitrogen and oxygen atoms in total. The number of rotatable bonds is 5. The Morgan fingerprint density at radius 3 is 2.82 bits per heavy atom. The third-order valence-corrected chi connectivity index (χ3v) is 4.80. The second-order valence-corrected chi connectivity index (χ2v) is 6.71. The van der Waals surface area contributed by atoms with Gasteiger partial charge >= 0.3 is 0 Å². The predicted octanol–water partition coefficient (Wildman–Crippen LogP) is 5.62. The molecule has 0 aliphatic carbocycles. The molecule has 0 unspecified atom stereocenters. The van der Waals surface area contributed by atoms with Gasteiger partial charge in [0.15, 0.2) is 0 Å². The first kappa shape index (κ1) is 18.1. The van der Waals surface area contributed by atoms with E-state index in [0.717, 1.165) is 0 Å². The topological polar surface area (TPSA) is 52.3 Å². The molecular weight excluding hydrogens is 377 g/mol. The lowest BCUT2D eigenvalue weighted by atomic mass is 10.1. The highest BCUT2D eigenvalue weighted by Gasteiger charge is 2.17. The molecule has 6 heteroatoms. The van der Waals surface area contributed by atoms with E-state index in [-0.39, 0.29) is 11.2 Å². The first-order valence-corrected chi connectivity index (χ1v) is 9.66. The molecule has 4 aromatic rings. The van der Waals surface area contributed by atoms with Gasteiger partial charge in [0.1, 0.15) is 22.9 Å². The summed E-state index contributed by atoms with van der Waals surface area (Å²) in [5.41, 5.74) is 3.15. The Labute approximate surface area is 164 Å². The zero-order valence-electron chi connectivity index (χ0n) is 15.0. The van der Waals surface area contributed by atoms with Gasteiger partial charge in [0, 0.05) is 17.0 Å². The van der Waals surface area contributed by atoms with Gasteiger partial charge in [-0.1, -0.05) is 18.2 Å². The molecular formula is C22H16FNO3S. The van der Waals surface area contributed by atoms with E-state index < -0.39 is 0 Å². The van der Waals surface area contributed by atoms with Crippen molar-refractivity contribution in [1.82, 2.24) is 4.98 Å². The van der Waals surface area contributed by atoms with Crippen molar-refractivity contribution in [3.8, 4) is 17.0 Å². The van der Waals surface area contributed by atoms with Crippen LogP contribution in [0.4, 0.5) is 4.39 Å². The molecule has 0 spiro atoms. The number of hydrogen-bond acceptors (Lipinski definition) is 5. The maximum atomic E-state index is 14.0. The van der Waals surface area contributed by atoms with Crippen molar-refractivity contribution in [3.63, 3.8) is 0 Å². The number of hydrogen-bond donors (Lipinski definition) is 0. The van der Waals surface area contributed by atoms with Crippen molar-refractivity contribution in [3.05, 3.63) is 80.7 Å². The number of benzene rings is 2. The standard InChI is InChI=1S/C22H16FNO3S/c1-2-26-15-8-9-16-20(11-15)27-19(10-7-14-5-3-4-6-17(14)23)21(22(16)25)18-12-28-13-24-18/h3-13H,2H2,1H3/b10-7+. The number of ether oxygens (including phenoxy) is 1. The second-order valence-electron chi connectivity index (χ2n) is 5.99. The van der Waals surface area contributed by atoms with Crippen LogP contribution in [0.5, 0.6) is 5.75 Å². The van der Waals surface area contributed by atoms with Crippen LogP contribution in [-0.4, -0.2) is 11.6 Å². The molecule has 0 saturated carbocycles. The molecule has 0 bridgehead atoms. The van der Waals surface area contributed by atoms with Gasteiger partial charge in [0.25, 0.3) is 0 Å². The lowest BCUT2D eigenvalue weighted by molar-refractivity contribution is 0.340. The zero-order chi connectivity index (χ0) is 19.5. The van der Waals surface area contributed by atoms with Crippen LogP contribution in [-0.2, 0) is 0 Å². The minimum absolute atomic E-state index is 0.191. The predicted molar refractivity (Wildman–Crippen MR) is 110 cm³/mol. The Hall–Kier alpha value is -3.25. The average Bonchev–Trinajstić information content (AvgIpc) is 3.22. The maximum absolute atomic E-state index is 14.0. The molecule has 0 N–H and O–H groups in total. The van der Waals surface area contributed by atoms with E-state index in [4.69, 9.17) is 9.15 Å². The lowest BCUT2D eigenvalue weighted by Crippen LogP contribution is -2.08. The molecule has 0 aliphatic rings. The van der Waals surface area contributed by atoms with Gasteiger partial charge in [-0.15, -0.1) is 11.3 Å². The Bertz CT molecular complexity index is 1210. The number of halogens is 1. The Morgan fingerprint density at radius 2 is 2.07 bits per heavy atom. The summed E-state index contributed by atoms with van der Waals surface area (Å²) < 4.78 is 25.5. The molecule has 2 aromatic carbocycles. The molecule has 2 heterocycles. The Morgan fingerprint density at radius 1 is 1.21 bits per heavy atom. The zero-order valence-corrected chi connectivity index (χ0v) is 15.8. The van der Waals surface area contributed by atoms with E-state index in [0.29, 0.717) is 45.9 Å². The van der Waals surface area contributed by atoms with E-state index in [9.17, 15) is 9.18 Å². The third kappa shape index (κ3) is 3.46. The van der Waals surface area contributed by atoms with Crippen LogP contribution in [0.2, 0.25) is 0 Å².